The molecule has 1 aliphatic carbocycles. The van der Waals surface area contributed by atoms with Crippen LogP contribution in [0.4, 0.5) is 8.78 Å². The Morgan fingerprint density at radius 1 is 1.11 bits per heavy atom. The lowest BCUT2D eigenvalue weighted by atomic mass is 9.75. The number of nitrogens with zero attached hydrogens (tertiary/aromatic N) is 2. The lowest BCUT2D eigenvalue weighted by Crippen LogP contribution is -2.46. The second kappa shape index (κ2) is 11.5. The standard InChI is InChI=1S/C30H40ClF2N3O2/c1-18(34-19(2)37)25-14-21(31)6-8-23(25)20-10-12-35(13-11-20)29(38)27-17-36(30(3,4)5)16-26(27)24-9-7-22(32)15-28(24)33/h6-9,15,18,20,25-27H,10-14,16-17H2,1-5H3,(H,34,37)/t18-,25-,26?,27+/m0/s1. The monoisotopic (exact) mass is 547 g/mol. The van der Waals surface area contributed by atoms with Gasteiger partial charge in [-0.3, -0.25) is 14.5 Å². The number of likely N-dealkylation sites (tertiary alicyclic amines) is 2. The van der Waals surface area contributed by atoms with Crippen molar-refractivity contribution in [3.8, 4) is 0 Å². The summed E-state index contributed by atoms with van der Waals surface area (Å²) in [6.45, 7) is 12.2. The summed E-state index contributed by atoms with van der Waals surface area (Å²) >= 11 is 6.36. The smallest absolute Gasteiger partial charge is 0.227 e. The number of benzene rings is 1. The Labute approximate surface area is 230 Å². The van der Waals surface area contributed by atoms with Gasteiger partial charge in [-0.1, -0.05) is 29.3 Å². The van der Waals surface area contributed by atoms with Crippen LogP contribution >= 0.6 is 11.6 Å². The molecule has 4 atom stereocenters. The van der Waals surface area contributed by atoms with Crippen molar-refractivity contribution in [2.24, 2.45) is 17.8 Å². The van der Waals surface area contributed by atoms with Gasteiger partial charge in [0.15, 0.2) is 0 Å². The SMILES string of the molecule is CC(=O)N[C@@H](C)[C@@H]1CC(Cl)=CC=C1C1CCN(C(=O)[C@@H]2CN(C(C)(C)C)CC2c2ccc(F)cc2F)CC1. The van der Waals surface area contributed by atoms with Gasteiger partial charge in [0.05, 0.1) is 5.92 Å². The molecule has 5 nitrogen and oxygen atoms in total. The maximum absolute atomic E-state index is 14.8. The highest BCUT2D eigenvalue weighted by atomic mass is 35.5. The zero-order valence-electron chi connectivity index (χ0n) is 23.1. The zero-order valence-corrected chi connectivity index (χ0v) is 23.8. The third kappa shape index (κ3) is 6.31. The summed E-state index contributed by atoms with van der Waals surface area (Å²) in [6, 6.07) is 3.66. The molecular weight excluding hydrogens is 508 g/mol. The Morgan fingerprint density at radius 3 is 2.39 bits per heavy atom. The quantitative estimate of drug-likeness (QED) is 0.521. The van der Waals surface area contributed by atoms with Crippen molar-refractivity contribution in [3.05, 3.63) is 58.2 Å². The number of halogens is 3. The molecule has 8 heteroatoms. The lowest BCUT2D eigenvalue weighted by Gasteiger charge is -2.39. The Bertz CT molecular complexity index is 1120. The third-order valence-corrected chi connectivity index (χ3v) is 8.84. The average molecular weight is 548 g/mol. The fourth-order valence-corrected chi connectivity index (χ4v) is 6.65. The van der Waals surface area contributed by atoms with Gasteiger partial charge in [-0.15, -0.1) is 0 Å². The number of nitrogens with one attached hydrogen (secondary N) is 1. The Balaban J connectivity index is 1.48. The highest BCUT2D eigenvalue weighted by Crippen LogP contribution is 2.41. The second-order valence-electron chi connectivity index (χ2n) is 12.1. The fourth-order valence-electron chi connectivity index (χ4n) is 6.42. The van der Waals surface area contributed by atoms with Crippen LogP contribution in [-0.4, -0.2) is 59.4 Å². The number of carbonyl (C=O) groups excluding carboxylic acids is 2. The molecule has 1 N–H and O–H groups in total. The molecule has 38 heavy (non-hydrogen) atoms. The van der Waals surface area contributed by atoms with Gasteiger partial charge in [0.1, 0.15) is 11.6 Å². The molecule has 2 saturated heterocycles. The van der Waals surface area contributed by atoms with E-state index in [2.05, 4.69) is 37.1 Å². The first-order chi connectivity index (χ1) is 17.8. The first-order valence-corrected chi connectivity index (χ1v) is 14.0. The molecule has 2 heterocycles. The molecule has 0 radical (unpaired) electrons. The second-order valence-corrected chi connectivity index (χ2v) is 12.6. The van der Waals surface area contributed by atoms with Crippen molar-refractivity contribution < 1.29 is 18.4 Å². The zero-order chi connectivity index (χ0) is 27.8. The van der Waals surface area contributed by atoms with Crippen LogP contribution in [0.3, 0.4) is 0 Å². The summed E-state index contributed by atoms with van der Waals surface area (Å²) in [5, 5.41) is 3.81. The van der Waals surface area contributed by atoms with Crippen LogP contribution in [-0.2, 0) is 9.59 Å². The van der Waals surface area contributed by atoms with Crippen LogP contribution in [0.25, 0.3) is 0 Å². The largest absolute Gasteiger partial charge is 0.353 e. The van der Waals surface area contributed by atoms with Crippen molar-refractivity contribution in [1.29, 1.82) is 0 Å². The Hall–Kier alpha value is -2.25. The number of hydrogen-bond donors (Lipinski definition) is 1. The highest BCUT2D eigenvalue weighted by molar-refractivity contribution is 6.29. The number of amides is 2. The minimum atomic E-state index is -0.610. The Morgan fingerprint density at radius 2 is 1.79 bits per heavy atom. The van der Waals surface area contributed by atoms with E-state index in [1.165, 1.54) is 24.6 Å². The molecule has 4 rings (SSSR count). The van der Waals surface area contributed by atoms with Crippen molar-refractivity contribution in [2.45, 2.75) is 71.4 Å². The topological polar surface area (TPSA) is 52.7 Å². The van der Waals surface area contributed by atoms with Gasteiger partial charge in [0.2, 0.25) is 11.8 Å². The normalized spacial score (nSPS) is 26.1. The average Bonchev–Trinajstić information content (AvgIpc) is 3.29. The molecule has 3 aliphatic rings. The third-order valence-electron chi connectivity index (χ3n) is 8.56. The van der Waals surface area contributed by atoms with E-state index in [1.807, 2.05) is 17.9 Å². The van der Waals surface area contributed by atoms with Gasteiger partial charge in [-0.2, -0.15) is 0 Å². The first kappa shape index (κ1) is 28.8. The predicted molar refractivity (Wildman–Crippen MR) is 147 cm³/mol. The van der Waals surface area contributed by atoms with Crippen LogP contribution in [0.15, 0.2) is 41.0 Å². The molecule has 0 aromatic heterocycles. The number of hydrogen-bond acceptors (Lipinski definition) is 3. The van der Waals surface area contributed by atoms with E-state index in [0.717, 1.165) is 23.9 Å². The molecule has 2 amide bonds. The fraction of sp³-hybridized carbons (Fsp3) is 0.600. The van der Waals surface area contributed by atoms with Gasteiger partial charge < -0.3 is 10.2 Å². The van der Waals surface area contributed by atoms with Crippen molar-refractivity contribution in [3.63, 3.8) is 0 Å². The number of allylic oxidation sites excluding steroid dienone is 3. The van der Waals surface area contributed by atoms with Gasteiger partial charge in [0.25, 0.3) is 0 Å². The Kier molecular flexibility index (Phi) is 8.68. The van der Waals surface area contributed by atoms with E-state index in [1.54, 1.807) is 0 Å². The lowest BCUT2D eigenvalue weighted by molar-refractivity contribution is -0.137. The minimum absolute atomic E-state index is 0.0332. The van der Waals surface area contributed by atoms with Crippen LogP contribution < -0.4 is 5.32 Å². The van der Waals surface area contributed by atoms with E-state index in [0.29, 0.717) is 44.1 Å². The van der Waals surface area contributed by atoms with Gasteiger partial charge in [-0.25, -0.2) is 8.78 Å². The van der Waals surface area contributed by atoms with E-state index in [9.17, 15) is 18.4 Å². The molecular formula is C30H40ClF2N3O2. The van der Waals surface area contributed by atoms with Gasteiger partial charge in [-0.05, 0) is 70.6 Å². The summed E-state index contributed by atoms with van der Waals surface area (Å²) in [7, 11) is 0. The van der Waals surface area contributed by atoms with Crippen LogP contribution in [0.1, 0.15) is 65.4 Å². The highest BCUT2D eigenvalue weighted by Gasteiger charge is 2.45. The maximum Gasteiger partial charge on any atom is 0.227 e. The first-order valence-electron chi connectivity index (χ1n) is 13.7. The molecule has 1 aromatic carbocycles. The summed E-state index contributed by atoms with van der Waals surface area (Å²) in [6.07, 6.45) is 6.41. The summed E-state index contributed by atoms with van der Waals surface area (Å²) in [5.74, 6) is -1.47. The number of rotatable bonds is 5. The van der Waals surface area contributed by atoms with E-state index in [4.69, 9.17) is 11.6 Å². The van der Waals surface area contributed by atoms with Crippen LogP contribution in [0.2, 0.25) is 0 Å². The van der Waals surface area contributed by atoms with Gasteiger partial charge >= 0.3 is 0 Å². The molecule has 208 valence electrons. The maximum atomic E-state index is 14.8. The summed E-state index contributed by atoms with van der Waals surface area (Å²) in [4.78, 5) is 29.7. The molecule has 0 saturated carbocycles. The molecule has 0 bridgehead atoms. The van der Waals surface area contributed by atoms with Crippen LogP contribution in [0, 0.1) is 29.4 Å². The van der Waals surface area contributed by atoms with E-state index < -0.39 is 11.6 Å². The number of piperidine rings is 1. The number of carbonyl (C=O) groups is 2. The molecule has 2 aliphatic heterocycles. The molecule has 1 unspecified atom stereocenters. The van der Waals surface area contributed by atoms with Crippen molar-refractivity contribution in [1.82, 2.24) is 15.1 Å². The van der Waals surface area contributed by atoms with Gasteiger partial charge in [0, 0.05) is 67.6 Å². The van der Waals surface area contributed by atoms with Crippen LogP contribution in [0.5, 0.6) is 0 Å². The summed E-state index contributed by atoms with van der Waals surface area (Å²) in [5.41, 5.74) is 1.53. The molecule has 1 aromatic rings. The van der Waals surface area contributed by atoms with E-state index >= 15 is 0 Å². The minimum Gasteiger partial charge on any atom is -0.353 e. The van der Waals surface area contributed by atoms with Crippen molar-refractivity contribution >= 4 is 23.4 Å². The predicted octanol–water partition coefficient (Wildman–Crippen LogP) is 5.61. The van der Waals surface area contributed by atoms with Crippen molar-refractivity contribution in [2.75, 3.05) is 26.2 Å². The van der Waals surface area contributed by atoms with E-state index in [-0.39, 0.29) is 41.1 Å². The molecule has 2 fully saturated rings. The summed E-state index contributed by atoms with van der Waals surface area (Å²) < 4.78 is 28.5. The molecule has 0 spiro atoms.